The molecule has 1 amide bonds. The molecule has 6 nitrogen and oxygen atoms in total. The Morgan fingerprint density at radius 3 is 2.50 bits per heavy atom. The summed E-state index contributed by atoms with van der Waals surface area (Å²) in [6.45, 7) is 3.23. The van der Waals surface area contributed by atoms with Gasteiger partial charge in [-0.15, -0.1) is 0 Å². The molecule has 4 aromatic rings. The number of esters is 1. The Labute approximate surface area is 182 Å². The Hall–Kier alpha value is -4.07. The number of para-hydroxylation sites is 1. The smallest absolute Gasteiger partial charge is 0.338 e. The summed E-state index contributed by atoms with van der Waals surface area (Å²) in [6, 6.07) is 17.4. The minimum absolute atomic E-state index is 0.206. The summed E-state index contributed by atoms with van der Waals surface area (Å²) in [4.78, 5) is 29.4. The van der Waals surface area contributed by atoms with Crippen molar-refractivity contribution in [2.75, 3.05) is 5.32 Å². The average Bonchev–Trinajstić information content (AvgIpc) is 3.10. The van der Waals surface area contributed by atoms with Crippen molar-refractivity contribution < 1.29 is 23.1 Å². The van der Waals surface area contributed by atoms with Crippen molar-refractivity contribution in [1.82, 2.24) is 9.55 Å². The van der Waals surface area contributed by atoms with Gasteiger partial charge in [0.2, 0.25) is 0 Å². The van der Waals surface area contributed by atoms with Crippen molar-refractivity contribution in [2.45, 2.75) is 20.0 Å². The van der Waals surface area contributed by atoms with Crippen LogP contribution in [0, 0.1) is 18.6 Å². The molecule has 1 aromatic heterocycles. The molecule has 32 heavy (non-hydrogen) atoms. The molecule has 0 aliphatic rings. The molecule has 1 heterocycles. The second-order valence-corrected chi connectivity index (χ2v) is 7.19. The highest BCUT2D eigenvalue weighted by Crippen LogP contribution is 2.23. The van der Waals surface area contributed by atoms with Crippen LogP contribution in [0.3, 0.4) is 0 Å². The van der Waals surface area contributed by atoms with Crippen LogP contribution in [0.5, 0.6) is 0 Å². The monoisotopic (exact) mass is 435 g/mol. The van der Waals surface area contributed by atoms with Crippen molar-refractivity contribution in [1.29, 1.82) is 0 Å². The third-order valence-corrected chi connectivity index (χ3v) is 4.91. The first-order chi connectivity index (χ1) is 15.3. The lowest BCUT2D eigenvalue weighted by Crippen LogP contribution is -2.30. The van der Waals surface area contributed by atoms with Gasteiger partial charge in [-0.1, -0.05) is 18.2 Å². The molecule has 0 fully saturated rings. The van der Waals surface area contributed by atoms with Gasteiger partial charge in [-0.2, -0.15) is 0 Å². The first-order valence-electron chi connectivity index (χ1n) is 9.85. The van der Waals surface area contributed by atoms with Crippen molar-refractivity contribution in [3.05, 3.63) is 89.8 Å². The number of halogens is 2. The number of aromatic nitrogens is 2. The molecule has 0 aliphatic heterocycles. The summed E-state index contributed by atoms with van der Waals surface area (Å²) in [6.07, 6.45) is -1.20. The number of amides is 1. The number of carbonyl (C=O) groups excluding carboxylic acids is 2. The zero-order valence-electron chi connectivity index (χ0n) is 17.3. The second-order valence-electron chi connectivity index (χ2n) is 7.19. The molecule has 1 atom stereocenters. The number of ether oxygens (including phenoxy) is 1. The molecule has 0 radical (unpaired) electrons. The van der Waals surface area contributed by atoms with Gasteiger partial charge in [-0.05, 0) is 56.3 Å². The van der Waals surface area contributed by atoms with Crippen molar-refractivity contribution >= 4 is 28.6 Å². The minimum Gasteiger partial charge on any atom is -0.449 e. The van der Waals surface area contributed by atoms with Crippen LogP contribution in [0.1, 0.15) is 23.1 Å². The van der Waals surface area contributed by atoms with Crippen molar-refractivity contribution in [2.24, 2.45) is 0 Å². The summed E-state index contributed by atoms with van der Waals surface area (Å²) < 4.78 is 33.9. The molecular formula is C24H19F2N3O3. The van der Waals surface area contributed by atoms with Crippen LogP contribution < -0.4 is 5.32 Å². The van der Waals surface area contributed by atoms with E-state index in [1.807, 2.05) is 41.8 Å². The topological polar surface area (TPSA) is 73.2 Å². The molecule has 1 unspecified atom stereocenters. The number of rotatable bonds is 5. The van der Waals surface area contributed by atoms with E-state index in [-0.39, 0.29) is 11.3 Å². The largest absolute Gasteiger partial charge is 0.449 e. The highest BCUT2D eigenvalue weighted by Gasteiger charge is 2.21. The van der Waals surface area contributed by atoms with Gasteiger partial charge in [0.1, 0.15) is 17.5 Å². The zero-order valence-corrected chi connectivity index (χ0v) is 17.3. The molecule has 0 saturated carbocycles. The standard InChI is InChI=1S/C24H19F2N3O3/c1-14(23(30)28-20-10-9-17(25)13-19(20)26)32-24(31)16-8-11-22-21(12-16)27-15(2)29(22)18-6-4-3-5-7-18/h3-14H,1-2H3,(H,28,30). The first kappa shape index (κ1) is 21.2. The molecule has 162 valence electrons. The van der Waals surface area contributed by atoms with Crippen LogP contribution in [0.15, 0.2) is 66.7 Å². The number of imidazole rings is 1. The summed E-state index contributed by atoms with van der Waals surface area (Å²) in [5, 5.41) is 2.28. The van der Waals surface area contributed by atoms with Crippen LogP contribution in [-0.2, 0) is 9.53 Å². The Morgan fingerprint density at radius 2 is 1.78 bits per heavy atom. The number of hydrogen-bond donors (Lipinski definition) is 1. The van der Waals surface area contributed by atoms with Crippen LogP contribution in [0.4, 0.5) is 14.5 Å². The quantitative estimate of drug-likeness (QED) is 0.457. The average molecular weight is 435 g/mol. The Kier molecular flexibility index (Phi) is 5.68. The summed E-state index contributed by atoms with van der Waals surface area (Å²) in [7, 11) is 0. The van der Waals surface area contributed by atoms with Crippen LogP contribution >= 0.6 is 0 Å². The maximum absolute atomic E-state index is 13.7. The number of aryl methyl sites for hydroxylation is 1. The first-order valence-corrected chi connectivity index (χ1v) is 9.85. The van der Waals surface area contributed by atoms with Gasteiger partial charge in [-0.25, -0.2) is 18.6 Å². The van der Waals surface area contributed by atoms with Gasteiger partial charge in [-0.3, -0.25) is 9.36 Å². The Morgan fingerprint density at radius 1 is 1.03 bits per heavy atom. The number of nitrogens with one attached hydrogen (secondary N) is 1. The van der Waals surface area contributed by atoms with E-state index >= 15 is 0 Å². The minimum atomic E-state index is -1.20. The van der Waals surface area contributed by atoms with E-state index in [4.69, 9.17) is 4.74 Å². The van der Waals surface area contributed by atoms with Gasteiger partial charge in [0.25, 0.3) is 5.91 Å². The third-order valence-electron chi connectivity index (χ3n) is 4.91. The fraction of sp³-hybridized carbons (Fsp3) is 0.125. The third kappa shape index (κ3) is 4.20. The molecular weight excluding hydrogens is 416 g/mol. The van der Waals surface area contributed by atoms with Crippen LogP contribution in [0.25, 0.3) is 16.7 Å². The number of fused-ring (bicyclic) bond motifs is 1. The predicted octanol–water partition coefficient (Wildman–Crippen LogP) is 4.80. The molecule has 4 rings (SSSR count). The summed E-state index contributed by atoms with van der Waals surface area (Å²) in [5.74, 6) is -2.40. The second kappa shape index (κ2) is 8.58. The number of nitrogens with zero attached hydrogens (tertiary/aromatic N) is 2. The lowest BCUT2D eigenvalue weighted by Gasteiger charge is -2.14. The van der Waals surface area contributed by atoms with Crippen LogP contribution in [-0.4, -0.2) is 27.5 Å². The summed E-state index contributed by atoms with van der Waals surface area (Å²) in [5.41, 5.74) is 2.39. The van der Waals surface area contributed by atoms with E-state index < -0.39 is 29.6 Å². The maximum atomic E-state index is 13.7. The number of anilines is 1. The molecule has 0 saturated heterocycles. The number of hydrogen-bond acceptors (Lipinski definition) is 4. The van der Waals surface area contributed by atoms with E-state index in [1.165, 1.54) is 6.92 Å². The van der Waals surface area contributed by atoms with E-state index in [2.05, 4.69) is 10.3 Å². The zero-order chi connectivity index (χ0) is 22.8. The van der Waals surface area contributed by atoms with Gasteiger partial charge in [0.05, 0.1) is 22.3 Å². The molecule has 0 bridgehead atoms. The Bertz CT molecular complexity index is 1320. The highest BCUT2D eigenvalue weighted by molar-refractivity contribution is 5.98. The van der Waals surface area contributed by atoms with E-state index in [9.17, 15) is 18.4 Å². The SMILES string of the molecule is Cc1nc2cc(C(=O)OC(C)C(=O)Nc3ccc(F)cc3F)ccc2n1-c1ccccc1. The lowest BCUT2D eigenvalue weighted by atomic mass is 10.2. The van der Waals surface area contributed by atoms with Crippen LogP contribution in [0.2, 0.25) is 0 Å². The predicted molar refractivity (Wildman–Crippen MR) is 116 cm³/mol. The van der Waals surface area contributed by atoms with E-state index in [0.717, 1.165) is 29.2 Å². The normalized spacial score (nSPS) is 11.9. The van der Waals surface area contributed by atoms with E-state index in [0.29, 0.717) is 11.6 Å². The van der Waals surface area contributed by atoms with Gasteiger partial charge >= 0.3 is 5.97 Å². The van der Waals surface area contributed by atoms with Crippen molar-refractivity contribution in [3.8, 4) is 5.69 Å². The molecule has 0 spiro atoms. The highest BCUT2D eigenvalue weighted by atomic mass is 19.1. The Balaban J connectivity index is 1.50. The molecule has 0 aliphatic carbocycles. The molecule has 8 heteroatoms. The van der Waals surface area contributed by atoms with Gasteiger partial charge in [0, 0.05) is 11.8 Å². The van der Waals surface area contributed by atoms with Crippen molar-refractivity contribution in [3.63, 3.8) is 0 Å². The number of benzene rings is 3. The lowest BCUT2D eigenvalue weighted by molar-refractivity contribution is -0.123. The summed E-state index contributed by atoms with van der Waals surface area (Å²) >= 11 is 0. The van der Waals surface area contributed by atoms with E-state index in [1.54, 1.807) is 18.2 Å². The number of carbonyl (C=O) groups is 2. The van der Waals surface area contributed by atoms with Gasteiger partial charge in [0.15, 0.2) is 6.10 Å². The molecule has 1 N–H and O–H groups in total. The van der Waals surface area contributed by atoms with Gasteiger partial charge < -0.3 is 10.1 Å². The molecule has 3 aromatic carbocycles. The fourth-order valence-corrected chi connectivity index (χ4v) is 3.34. The fourth-order valence-electron chi connectivity index (χ4n) is 3.34. The maximum Gasteiger partial charge on any atom is 0.338 e.